The van der Waals surface area contributed by atoms with Gasteiger partial charge < -0.3 is 16.0 Å². The van der Waals surface area contributed by atoms with Crippen molar-refractivity contribution in [3.63, 3.8) is 0 Å². The van der Waals surface area contributed by atoms with E-state index in [1.807, 2.05) is 0 Å². The van der Waals surface area contributed by atoms with Gasteiger partial charge in [0.25, 0.3) is 0 Å². The van der Waals surface area contributed by atoms with Crippen molar-refractivity contribution in [1.29, 1.82) is 0 Å². The van der Waals surface area contributed by atoms with Crippen LogP contribution in [-0.2, 0) is 4.79 Å². The number of hydrogen-bond donors (Lipinski definition) is 3. The quantitative estimate of drug-likeness (QED) is 0.260. The van der Waals surface area contributed by atoms with Crippen LogP contribution in [0.1, 0.15) is 52.4 Å². The molecule has 0 aliphatic heterocycles. The van der Waals surface area contributed by atoms with Gasteiger partial charge >= 0.3 is 0 Å². The molecule has 0 spiro atoms. The van der Waals surface area contributed by atoms with Gasteiger partial charge in [0.05, 0.1) is 0 Å². The van der Waals surface area contributed by atoms with Crippen LogP contribution in [0.4, 0.5) is 0 Å². The minimum atomic E-state index is 0. The molecule has 0 bridgehead atoms. The SMILES string of the molecule is CN=C(NCCNC(=O)C1CC1)NC1CCC(C(C)C)CC1.I. The summed E-state index contributed by atoms with van der Waals surface area (Å²) >= 11 is 0. The van der Waals surface area contributed by atoms with E-state index >= 15 is 0 Å². The summed E-state index contributed by atoms with van der Waals surface area (Å²) in [6.45, 7) is 6.04. The van der Waals surface area contributed by atoms with Crippen LogP contribution in [0.25, 0.3) is 0 Å². The molecular weight excluding hydrogens is 403 g/mol. The average Bonchev–Trinajstić information content (AvgIpc) is 3.35. The lowest BCUT2D eigenvalue weighted by molar-refractivity contribution is -0.122. The van der Waals surface area contributed by atoms with Gasteiger partial charge in [0, 0.05) is 32.1 Å². The molecule has 0 aromatic heterocycles. The predicted molar refractivity (Wildman–Crippen MR) is 106 cm³/mol. The van der Waals surface area contributed by atoms with Gasteiger partial charge in [0.1, 0.15) is 0 Å². The molecule has 0 aromatic carbocycles. The summed E-state index contributed by atoms with van der Waals surface area (Å²) in [6, 6.07) is 0.530. The number of carbonyl (C=O) groups is 1. The molecule has 5 nitrogen and oxygen atoms in total. The normalized spacial score (nSPS) is 24.8. The van der Waals surface area contributed by atoms with Crippen LogP contribution in [0, 0.1) is 17.8 Å². The zero-order chi connectivity index (χ0) is 15.9. The first kappa shape index (κ1) is 20.5. The average molecular weight is 436 g/mol. The van der Waals surface area contributed by atoms with E-state index in [0.29, 0.717) is 12.6 Å². The lowest BCUT2D eigenvalue weighted by Crippen LogP contribution is -2.47. The number of aliphatic imine (C=N–C) groups is 1. The Bertz CT molecular complexity index is 388. The zero-order valence-electron chi connectivity index (χ0n) is 14.7. The maximum Gasteiger partial charge on any atom is 0.223 e. The maximum atomic E-state index is 11.5. The molecule has 2 fully saturated rings. The summed E-state index contributed by atoms with van der Waals surface area (Å²) < 4.78 is 0. The number of nitrogens with one attached hydrogen (secondary N) is 3. The predicted octanol–water partition coefficient (Wildman–Crippen LogP) is 2.51. The molecule has 23 heavy (non-hydrogen) atoms. The van der Waals surface area contributed by atoms with Crippen molar-refractivity contribution in [2.75, 3.05) is 20.1 Å². The number of amides is 1. The van der Waals surface area contributed by atoms with Crippen molar-refractivity contribution < 1.29 is 4.79 Å². The van der Waals surface area contributed by atoms with Gasteiger partial charge in [0.2, 0.25) is 5.91 Å². The molecule has 2 aliphatic rings. The Kier molecular flexibility index (Phi) is 9.24. The largest absolute Gasteiger partial charge is 0.355 e. The first-order chi connectivity index (χ1) is 10.6. The van der Waals surface area contributed by atoms with Crippen LogP contribution < -0.4 is 16.0 Å². The number of rotatable bonds is 6. The second-order valence-corrected chi connectivity index (χ2v) is 7.06. The van der Waals surface area contributed by atoms with Crippen molar-refractivity contribution in [2.45, 2.75) is 58.4 Å². The molecule has 0 aromatic rings. The monoisotopic (exact) mass is 436 g/mol. The summed E-state index contributed by atoms with van der Waals surface area (Å²) in [5.74, 6) is 3.03. The van der Waals surface area contributed by atoms with Gasteiger partial charge in [-0.15, -0.1) is 24.0 Å². The van der Waals surface area contributed by atoms with E-state index in [0.717, 1.165) is 37.2 Å². The Hall–Kier alpha value is -0.530. The van der Waals surface area contributed by atoms with Crippen LogP contribution in [0.2, 0.25) is 0 Å². The van der Waals surface area contributed by atoms with Gasteiger partial charge in [-0.2, -0.15) is 0 Å². The highest BCUT2D eigenvalue weighted by molar-refractivity contribution is 14.0. The van der Waals surface area contributed by atoms with Gasteiger partial charge in [0.15, 0.2) is 5.96 Å². The summed E-state index contributed by atoms with van der Waals surface area (Å²) in [5.41, 5.74) is 0. The third kappa shape index (κ3) is 7.27. The lowest BCUT2D eigenvalue weighted by atomic mass is 9.80. The Balaban J connectivity index is 0.00000264. The van der Waals surface area contributed by atoms with E-state index in [4.69, 9.17) is 0 Å². The first-order valence-electron chi connectivity index (χ1n) is 8.85. The number of guanidine groups is 1. The molecule has 2 saturated carbocycles. The van der Waals surface area contributed by atoms with Crippen LogP contribution >= 0.6 is 24.0 Å². The third-order valence-electron chi connectivity index (χ3n) is 4.94. The fourth-order valence-corrected chi connectivity index (χ4v) is 3.17. The number of hydrogen-bond acceptors (Lipinski definition) is 2. The highest BCUT2D eigenvalue weighted by Gasteiger charge is 2.29. The first-order valence-corrected chi connectivity index (χ1v) is 8.85. The molecule has 0 radical (unpaired) electrons. The minimum Gasteiger partial charge on any atom is -0.355 e. The molecule has 0 unspecified atom stereocenters. The van der Waals surface area contributed by atoms with Crippen LogP contribution in [0.5, 0.6) is 0 Å². The van der Waals surface area contributed by atoms with Crippen molar-refractivity contribution in [2.24, 2.45) is 22.7 Å². The standard InChI is InChI=1S/C17H32N4O.HI/c1-12(2)13-6-8-15(9-7-13)21-17(18-3)20-11-10-19-16(22)14-4-5-14;/h12-15H,4-11H2,1-3H3,(H,19,22)(H2,18,20,21);1H. The zero-order valence-corrected chi connectivity index (χ0v) is 17.1. The van der Waals surface area contributed by atoms with Gasteiger partial charge in [-0.1, -0.05) is 13.8 Å². The number of halogens is 1. The molecule has 0 heterocycles. The van der Waals surface area contributed by atoms with E-state index in [9.17, 15) is 4.79 Å². The Morgan fingerprint density at radius 3 is 2.17 bits per heavy atom. The Morgan fingerprint density at radius 2 is 1.65 bits per heavy atom. The molecule has 1 amide bonds. The Labute approximate surface area is 157 Å². The van der Waals surface area contributed by atoms with Gasteiger partial charge in [-0.05, 0) is 50.4 Å². The fraction of sp³-hybridized carbons (Fsp3) is 0.882. The summed E-state index contributed by atoms with van der Waals surface area (Å²) in [4.78, 5) is 15.8. The lowest BCUT2D eigenvalue weighted by Gasteiger charge is -2.32. The number of nitrogens with zero attached hydrogens (tertiary/aromatic N) is 1. The van der Waals surface area contributed by atoms with Crippen LogP contribution in [0.15, 0.2) is 4.99 Å². The number of carbonyl (C=O) groups excluding carboxylic acids is 1. The van der Waals surface area contributed by atoms with E-state index in [2.05, 4.69) is 34.8 Å². The van der Waals surface area contributed by atoms with Crippen molar-refractivity contribution in [1.82, 2.24) is 16.0 Å². The molecule has 3 N–H and O–H groups in total. The fourth-order valence-electron chi connectivity index (χ4n) is 3.17. The van der Waals surface area contributed by atoms with E-state index < -0.39 is 0 Å². The van der Waals surface area contributed by atoms with E-state index in [1.54, 1.807) is 7.05 Å². The highest BCUT2D eigenvalue weighted by atomic mass is 127. The summed E-state index contributed by atoms with van der Waals surface area (Å²) in [5, 5.41) is 9.77. The van der Waals surface area contributed by atoms with Crippen LogP contribution in [0.3, 0.4) is 0 Å². The summed E-state index contributed by atoms with van der Waals surface area (Å²) in [6.07, 6.45) is 7.18. The molecule has 2 aliphatic carbocycles. The minimum absolute atomic E-state index is 0. The molecule has 6 heteroatoms. The molecule has 0 atom stereocenters. The Morgan fingerprint density at radius 1 is 1.04 bits per heavy atom. The molecular formula is C17H33IN4O. The maximum absolute atomic E-state index is 11.5. The van der Waals surface area contributed by atoms with Gasteiger partial charge in [-0.25, -0.2) is 0 Å². The van der Waals surface area contributed by atoms with E-state index in [-0.39, 0.29) is 35.8 Å². The van der Waals surface area contributed by atoms with Crippen molar-refractivity contribution in [3.8, 4) is 0 Å². The van der Waals surface area contributed by atoms with Crippen LogP contribution in [-0.4, -0.2) is 38.0 Å². The second kappa shape index (κ2) is 10.4. The smallest absolute Gasteiger partial charge is 0.223 e. The molecule has 0 saturated heterocycles. The van der Waals surface area contributed by atoms with E-state index in [1.165, 1.54) is 25.7 Å². The molecule has 134 valence electrons. The summed E-state index contributed by atoms with van der Waals surface area (Å²) in [7, 11) is 1.80. The van der Waals surface area contributed by atoms with Crippen molar-refractivity contribution >= 4 is 35.8 Å². The highest BCUT2D eigenvalue weighted by Crippen LogP contribution is 2.30. The van der Waals surface area contributed by atoms with Crippen molar-refractivity contribution in [3.05, 3.63) is 0 Å². The topological polar surface area (TPSA) is 65.5 Å². The molecule has 2 rings (SSSR count). The second-order valence-electron chi connectivity index (χ2n) is 7.06. The third-order valence-corrected chi connectivity index (χ3v) is 4.94. The van der Waals surface area contributed by atoms with Gasteiger partial charge in [-0.3, -0.25) is 9.79 Å².